The molecule has 13 heteroatoms. The Morgan fingerprint density at radius 2 is 1.78 bits per heavy atom. The van der Waals surface area contributed by atoms with Crippen molar-refractivity contribution in [1.82, 2.24) is 24.6 Å². The number of hydrogen-bond acceptors (Lipinski definition) is 7. The molecule has 0 radical (unpaired) electrons. The van der Waals surface area contributed by atoms with Gasteiger partial charge in [0.2, 0.25) is 11.8 Å². The minimum atomic E-state index is -4.37. The molecule has 5 rings (SSSR count). The summed E-state index contributed by atoms with van der Waals surface area (Å²) < 4.78 is 74.7. The maximum absolute atomic E-state index is 13.0. The molecule has 2 aromatic heterocycles. The zero-order valence-corrected chi connectivity index (χ0v) is 23.5. The summed E-state index contributed by atoms with van der Waals surface area (Å²) in [7, 11) is -2.39. The molecular formula is C28H29F3N6O3S. The van der Waals surface area contributed by atoms with E-state index in [0.717, 1.165) is 34.4 Å². The average molecular weight is 587 g/mol. The van der Waals surface area contributed by atoms with Crippen molar-refractivity contribution >= 4 is 16.0 Å². The number of ether oxygens (including phenoxy) is 1. The molecule has 0 amide bonds. The first-order chi connectivity index (χ1) is 19.4. The van der Waals surface area contributed by atoms with Gasteiger partial charge in [0.25, 0.3) is 10.0 Å². The Labute approximate surface area is 236 Å². The molecule has 1 N–H and O–H groups in total. The van der Waals surface area contributed by atoms with E-state index < -0.39 is 21.8 Å². The van der Waals surface area contributed by atoms with Gasteiger partial charge in [-0.3, -0.25) is 9.58 Å². The number of benzene rings is 2. The first-order valence-electron chi connectivity index (χ1n) is 12.9. The number of sulfonamides is 1. The van der Waals surface area contributed by atoms with Crippen molar-refractivity contribution < 1.29 is 26.3 Å². The van der Waals surface area contributed by atoms with Gasteiger partial charge in [-0.15, -0.1) is 0 Å². The topological polar surface area (TPSA) is 102 Å². The molecule has 0 saturated carbocycles. The van der Waals surface area contributed by atoms with Crippen LogP contribution in [-0.4, -0.2) is 52.3 Å². The van der Waals surface area contributed by atoms with Crippen molar-refractivity contribution in [2.45, 2.75) is 44.0 Å². The molecule has 3 heterocycles. The first-order valence-corrected chi connectivity index (χ1v) is 14.4. The highest BCUT2D eigenvalue weighted by atomic mass is 32.2. The number of aromatic nitrogens is 4. The normalized spacial score (nSPS) is 16.2. The molecule has 4 aromatic rings. The molecule has 9 nitrogen and oxygen atoms in total. The summed E-state index contributed by atoms with van der Waals surface area (Å²) in [5.41, 5.74) is 3.36. The second-order valence-corrected chi connectivity index (χ2v) is 11.8. The molecule has 1 unspecified atom stereocenters. The summed E-state index contributed by atoms with van der Waals surface area (Å²) in [4.78, 5) is 10.9. The number of hydrogen-bond donors (Lipinski definition) is 1. The third-order valence-electron chi connectivity index (χ3n) is 6.86. The van der Waals surface area contributed by atoms with E-state index in [4.69, 9.17) is 4.74 Å². The van der Waals surface area contributed by atoms with Crippen LogP contribution in [0.15, 0.2) is 65.8 Å². The van der Waals surface area contributed by atoms with Crippen LogP contribution >= 0.6 is 0 Å². The Hall–Kier alpha value is -3.97. The smallest absolute Gasteiger partial charge is 0.416 e. The summed E-state index contributed by atoms with van der Waals surface area (Å²) in [5, 5.41) is 3.93. The van der Waals surface area contributed by atoms with E-state index in [1.807, 2.05) is 32.0 Å². The van der Waals surface area contributed by atoms with Crippen molar-refractivity contribution in [2.75, 3.05) is 17.8 Å². The zero-order valence-electron chi connectivity index (χ0n) is 22.7. The lowest BCUT2D eigenvalue weighted by molar-refractivity contribution is -0.137. The number of anilines is 1. The highest BCUT2D eigenvalue weighted by Crippen LogP contribution is 2.31. The Balaban J connectivity index is 1.37. The lowest BCUT2D eigenvalue weighted by Gasteiger charge is -2.18. The van der Waals surface area contributed by atoms with Crippen molar-refractivity contribution in [2.24, 2.45) is 7.05 Å². The zero-order chi connectivity index (χ0) is 29.4. The molecule has 1 fully saturated rings. The molecule has 216 valence electrons. The van der Waals surface area contributed by atoms with Gasteiger partial charge in [-0.05, 0) is 49.1 Å². The standard InChI is InChI=1S/C28H29F3N6O3S/c1-18-5-4-6-19(2)26(18)24-13-25(34-27(33-24)35-41(38,39)23-14-32-36(3)17-23)40-22-11-12-37(16-22)15-20-7-9-21(10-8-20)28(29,30)31/h4-10,13-14,17,22H,11-12,15-16H2,1-3H3,(H,33,34,35). The average Bonchev–Trinajstić information content (AvgIpc) is 3.52. The quantitative estimate of drug-likeness (QED) is 0.311. The van der Waals surface area contributed by atoms with Gasteiger partial charge in [0.15, 0.2) is 0 Å². The predicted molar refractivity (Wildman–Crippen MR) is 147 cm³/mol. The Morgan fingerprint density at radius 3 is 2.41 bits per heavy atom. The van der Waals surface area contributed by atoms with Gasteiger partial charge < -0.3 is 4.74 Å². The number of likely N-dealkylation sites (tertiary alicyclic amines) is 1. The number of nitrogens with zero attached hydrogens (tertiary/aromatic N) is 5. The Kier molecular flexibility index (Phi) is 7.75. The van der Waals surface area contributed by atoms with Gasteiger partial charge in [-0.25, -0.2) is 18.1 Å². The minimum Gasteiger partial charge on any atom is -0.473 e. The van der Waals surface area contributed by atoms with Crippen LogP contribution in [0.25, 0.3) is 11.3 Å². The monoisotopic (exact) mass is 586 g/mol. The number of alkyl halides is 3. The fourth-order valence-electron chi connectivity index (χ4n) is 4.86. The van der Waals surface area contributed by atoms with Crippen LogP contribution in [0.5, 0.6) is 5.88 Å². The van der Waals surface area contributed by atoms with Gasteiger partial charge in [0.1, 0.15) is 11.0 Å². The summed E-state index contributed by atoms with van der Waals surface area (Å²) in [6, 6.07) is 12.7. The molecular weight excluding hydrogens is 557 g/mol. The maximum atomic E-state index is 13.0. The predicted octanol–water partition coefficient (Wildman–Crippen LogP) is 4.97. The van der Waals surface area contributed by atoms with E-state index in [1.165, 1.54) is 29.2 Å². The van der Waals surface area contributed by atoms with E-state index in [9.17, 15) is 21.6 Å². The van der Waals surface area contributed by atoms with Gasteiger partial charge in [0.05, 0.1) is 17.5 Å². The fraction of sp³-hybridized carbons (Fsp3) is 0.321. The molecule has 1 aliphatic rings. The molecule has 0 aliphatic carbocycles. The SMILES string of the molecule is Cc1cccc(C)c1-c1cc(OC2CCN(Cc3ccc(C(F)(F)F)cc3)C2)nc(NS(=O)(=O)c2cnn(C)c2)n1. The fourth-order valence-corrected chi connectivity index (χ4v) is 5.79. The Morgan fingerprint density at radius 1 is 1.07 bits per heavy atom. The van der Waals surface area contributed by atoms with Gasteiger partial charge in [0, 0.05) is 44.5 Å². The highest BCUT2D eigenvalue weighted by Gasteiger charge is 2.30. The molecule has 2 aromatic carbocycles. The number of nitrogens with one attached hydrogen (secondary N) is 1. The molecule has 1 atom stereocenters. The second-order valence-electron chi connectivity index (χ2n) is 10.1. The van der Waals surface area contributed by atoms with Crippen LogP contribution in [-0.2, 0) is 29.8 Å². The summed E-state index contributed by atoms with van der Waals surface area (Å²) in [5.74, 6) is 0.0755. The summed E-state index contributed by atoms with van der Waals surface area (Å²) >= 11 is 0. The molecule has 0 bridgehead atoms. The highest BCUT2D eigenvalue weighted by molar-refractivity contribution is 7.92. The van der Waals surface area contributed by atoms with E-state index >= 15 is 0 Å². The molecule has 1 aliphatic heterocycles. The third-order valence-corrected chi connectivity index (χ3v) is 8.14. The molecule has 41 heavy (non-hydrogen) atoms. The van der Waals surface area contributed by atoms with E-state index in [-0.39, 0.29) is 22.8 Å². The lowest BCUT2D eigenvalue weighted by atomic mass is 10.00. The second kappa shape index (κ2) is 11.1. The minimum absolute atomic E-state index is 0.0294. The maximum Gasteiger partial charge on any atom is 0.416 e. The van der Waals surface area contributed by atoms with Crippen molar-refractivity contribution in [3.63, 3.8) is 0 Å². The number of aryl methyl sites for hydroxylation is 3. The molecule has 1 saturated heterocycles. The largest absolute Gasteiger partial charge is 0.473 e. The van der Waals surface area contributed by atoms with Gasteiger partial charge in [-0.1, -0.05) is 30.3 Å². The summed E-state index contributed by atoms with van der Waals surface area (Å²) in [6.45, 7) is 5.58. The van der Waals surface area contributed by atoms with Crippen molar-refractivity contribution in [3.05, 3.63) is 83.2 Å². The van der Waals surface area contributed by atoms with Crippen LogP contribution in [0.1, 0.15) is 28.7 Å². The van der Waals surface area contributed by atoms with Gasteiger partial charge in [-0.2, -0.15) is 23.3 Å². The van der Waals surface area contributed by atoms with Crippen LogP contribution in [0, 0.1) is 13.8 Å². The number of halogens is 3. The van der Waals surface area contributed by atoms with Crippen LogP contribution < -0.4 is 9.46 Å². The van der Waals surface area contributed by atoms with E-state index in [2.05, 4.69) is 24.7 Å². The van der Waals surface area contributed by atoms with Crippen molar-refractivity contribution in [3.8, 4) is 17.1 Å². The third kappa shape index (κ3) is 6.68. The van der Waals surface area contributed by atoms with Gasteiger partial charge >= 0.3 is 6.18 Å². The summed E-state index contributed by atoms with van der Waals surface area (Å²) in [6.07, 6.45) is -1.35. The van der Waals surface area contributed by atoms with Crippen LogP contribution in [0.4, 0.5) is 19.1 Å². The lowest BCUT2D eigenvalue weighted by Crippen LogP contribution is -2.25. The first kappa shape index (κ1) is 28.6. The number of rotatable bonds is 8. The van der Waals surface area contributed by atoms with E-state index in [1.54, 1.807) is 13.1 Å². The van der Waals surface area contributed by atoms with Crippen LogP contribution in [0.3, 0.4) is 0 Å². The van der Waals surface area contributed by atoms with Crippen molar-refractivity contribution in [1.29, 1.82) is 0 Å². The van der Waals surface area contributed by atoms with Crippen LogP contribution in [0.2, 0.25) is 0 Å². The van der Waals surface area contributed by atoms with E-state index in [0.29, 0.717) is 31.7 Å². The molecule has 0 spiro atoms. The Bertz CT molecular complexity index is 1640.